The lowest BCUT2D eigenvalue weighted by Crippen LogP contribution is -2.28. The maximum atomic E-state index is 8.97. The lowest BCUT2D eigenvalue weighted by Gasteiger charge is -2.19. The number of aromatic nitrogens is 1. The molecule has 1 aromatic rings. The highest BCUT2D eigenvalue weighted by atomic mass is 32.1. The molecule has 2 unspecified atom stereocenters. The number of nitrogens with two attached hydrogens (primary N) is 1. The van der Waals surface area contributed by atoms with Gasteiger partial charge in [-0.25, -0.2) is 4.98 Å². The van der Waals surface area contributed by atoms with Crippen molar-refractivity contribution in [3.8, 4) is 0 Å². The fourth-order valence-electron chi connectivity index (χ4n) is 1.56. The topological polar surface area (TPSA) is 59.1 Å². The van der Waals surface area contributed by atoms with Crippen molar-refractivity contribution in [1.29, 1.82) is 0 Å². The molecular formula is C10H18N2OS. The van der Waals surface area contributed by atoms with Crippen molar-refractivity contribution in [3.63, 3.8) is 0 Å². The third kappa shape index (κ3) is 2.77. The van der Waals surface area contributed by atoms with Crippen LogP contribution in [0, 0.1) is 6.92 Å². The number of aliphatic hydroxyl groups is 1. The predicted molar refractivity (Wildman–Crippen MR) is 59.6 cm³/mol. The second-order valence-electron chi connectivity index (χ2n) is 3.48. The van der Waals surface area contributed by atoms with Crippen molar-refractivity contribution >= 4 is 11.3 Å². The van der Waals surface area contributed by atoms with E-state index in [1.54, 1.807) is 11.3 Å². The summed E-state index contributed by atoms with van der Waals surface area (Å²) in [5, 5.41) is 12.1. The van der Waals surface area contributed by atoms with E-state index in [-0.39, 0.29) is 18.6 Å². The quantitative estimate of drug-likeness (QED) is 0.783. The minimum atomic E-state index is 0.101. The van der Waals surface area contributed by atoms with Crippen molar-refractivity contribution in [2.45, 2.75) is 38.6 Å². The molecule has 0 amide bonds. The summed E-state index contributed by atoms with van der Waals surface area (Å²) in [6, 6.07) is 0.101. The van der Waals surface area contributed by atoms with E-state index in [1.165, 1.54) is 0 Å². The molecule has 1 heterocycles. The van der Waals surface area contributed by atoms with E-state index in [1.807, 2.05) is 12.3 Å². The van der Waals surface area contributed by atoms with Crippen LogP contribution in [0.4, 0.5) is 0 Å². The summed E-state index contributed by atoms with van der Waals surface area (Å²) in [4.78, 5) is 4.43. The first kappa shape index (κ1) is 11.6. The lowest BCUT2D eigenvalue weighted by atomic mass is 9.92. The number of aliphatic hydroxyl groups excluding tert-OH is 1. The number of rotatable bonds is 5. The Balaban J connectivity index is 2.76. The first-order valence-electron chi connectivity index (χ1n) is 4.97. The molecule has 0 radical (unpaired) electrons. The standard InChI is InChI=1S/C10H18N2OS/c1-3-9(11)8(4-5-13)10-6-14-7(2)12-10/h6,8-9,13H,3-5,11H2,1-2H3. The van der Waals surface area contributed by atoms with Crippen molar-refractivity contribution in [2.24, 2.45) is 5.73 Å². The van der Waals surface area contributed by atoms with E-state index in [9.17, 15) is 0 Å². The fourth-order valence-corrected chi connectivity index (χ4v) is 2.23. The van der Waals surface area contributed by atoms with Crippen molar-refractivity contribution < 1.29 is 5.11 Å². The van der Waals surface area contributed by atoms with E-state index < -0.39 is 0 Å². The van der Waals surface area contributed by atoms with Gasteiger partial charge in [-0.2, -0.15) is 0 Å². The largest absolute Gasteiger partial charge is 0.396 e. The zero-order valence-corrected chi connectivity index (χ0v) is 9.55. The Morgan fingerprint density at radius 3 is 2.79 bits per heavy atom. The maximum absolute atomic E-state index is 8.97. The predicted octanol–water partition coefficient (Wildman–Crippen LogP) is 1.65. The molecule has 0 saturated heterocycles. The van der Waals surface area contributed by atoms with E-state index >= 15 is 0 Å². The molecular weight excluding hydrogens is 196 g/mol. The van der Waals surface area contributed by atoms with Gasteiger partial charge >= 0.3 is 0 Å². The molecule has 3 N–H and O–H groups in total. The van der Waals surface area contributed by atoms with Gasteiger partial charge in [0.05, 0.1) is 10.7 Å². The Kier molecular flexibility index (Phi) is 4.51. The zero-order chi connectivity index (χ0) is 10.6. The van der Waals surface area contributed by atoms with Crippen LogP contribution < -0.4 is 5.73 Å². The van der Waals surface area contributed by atoms with Gasteiger partial charge in [0.2, 0.25) is 0 Å². The van der Waals surface area contributed by atoms with Gasteiger partial charge in [-0.05, 0) is 19.8 Å². The summed E-state index contributed by atoms with van der Waals surface area (Å²) in [6.45, 7) is 4.23. The van der Waals surface area contributed by atoms with Crippen LogP contribution in [0.15, 0.2) is 5.38 Å². The van der Waals surface area contributed by atoms with Crippen LogP contribution in [0.1, 0.15) is 36.4 Å². The highest BCUT2D eigenvalue weighted by Crippen LogP contribution is 2.25. The molecule has 0 saturated carbocycles. The Morgan fingerprint density at radius 1 is 1.64 bits per heavy atom. The molecule has 0 fully saturated rings. The summed E-state index contributed by atoms with van der Waals surface area (Å²) in [5.74, 6) is 0.204. The molecule has 4 heteroatoms. The average Bonchev–Trinajstić information content (AvgIpc) is 2.60. The second-order valence-corrected chi connectivity index (χ2v) is 4.54. The van der Waals surface area contributed by atoms with E-state index in [2.05, 4.69) is 11.9 Å². The molecule has 0 aromatic carbocycles. The van der Waals surface area contributed by atoms with Gasteiger partial charge in [-0.3, -0.25) is 0 Å². The molecule has 3 nitrogen and oxygen atoms in total. The SMILES string of the molecule is CCC(N)C(CCO)c1csc(C)n1. The smallest absolute Gasteiger partial charge is 0.0897 e. The van der Waals surface area contributed by atoms with Gasteiger partial charge in [0, 0.05) is 23.9 Å². The molecule has 14 heavy (non-hydrogen) atoms. The van der Waals surface area contributed by atoms with Gasteiger partial charge in [-0.15, -0.1) is 11.3 Å². The monoisotopic (exact) mass is 214 g/mol. The molecule has 0 aliphatic carbocycles. The van der Waals surface area contributed by atoms with Crippen LogP contribution in [-0.2, 0) is 0 Å². The van der Waals surface area contributed by atoms with Crippen molar-refractivity contribution in [1.82, 2.24) is 4.98 Å². The molecule has 0 bridgehead atoms. The molecule has 0 spiro atoms. The van der Waals surface area contributed by atoms with Gasteiger partial charge in [0.25, 0.3) is 0 Å². The van der Waals surface area contributed by atoms with E-state index in [0.29, 0.717) is 6.42 Å². The van der Waals surface area contributed by atoms with Crippen LogP contribution in [0.2, 0.25) is 0 Å². The third-order valence-corrected chi connectivity index (χ3v) is 3.24. The molecule has 0 aliphatic heterocycles. The summed E-state index contributed by atoms with van der Waals surface area (Å²) in [6.07, 6.45) is 1.62. The minimum absolute atomic E-state index is 0.101. The van der Waals surface area contributed by atoms with Gasteiger partial charge in [0.15, 0.2) is 0 Å². The van der Waals surface area contributed by atoms with Crippen LogP contribution in [0.5, 0.6) is 0 Å². The number of hydrogen-bond donors (Lipinski definition) is 2. The van der Waals surface area contributed by atoms with E-state index in [4.69, 9.17) is 10.8 Å². The Labute approximate surface area is 89.0 Å². The van der Waals surface area contributed by atoms with Gasteiger partial charge in [0.1, 0.15) is 0 Å². The first-order valence-corrected chi connectivity index (χ1v) is 5.85. The van der Waals surface area contributed by atoms with Crippen LogP contribution in [0.25, 0.3) is 0 Å². The highest BCUT2D eigenvalue weighted by molar-refractivity contribution is 7.09. The van der Waals surface area contributed by atoms with Gasteiger partial charge < -0.3 is 10.8 Å². The molecule has 80 valence electrons. The fraction of sp³-hybridized carbons (Fsp3) is 0.700. The Hall–Kier alpha value is -0.450. The molecule has 1 rings (SSSR count). The number of thiazole rings is 1. The maximum Gasteiger partial charge on any atom is 0.0897 e. The van der Waals surface area contributed by atoms with Crippen LogP contribution >= 0.6 is 11.3 Å². The number of nitrogens with zero attached hydrogens (tertiary/aromatic N) is 1. The number of hydrogen-bond acceptors (Lipinski definition) is 4. The Morgan fingerprint density at radius 2 is 2.36 bits per heavy atom. The van der Waals surface area contributed by atoms with Crippen LogP contribution in [-0.4, -0.2) is 22.7 Å². The van der Waals surface area contributed by atoms with Crippen molar-refractivity contribution in [3.05, 3.63) is 16.1 Å². The molecule has 0 aliphatic rings. The summed E-state index contributed by atoms with van der Waals surface area (Å²) in [5.41, 5.74) is 7.04. The lowest BCUT2D eigenvalue weighted by molar-refractivity contribution is 0.265. The minimum Gasteiger partial charge on any atom is -0.396 e. The summed E-state index contributed by atoms with van der Waals surface area (Å²) >= 11 is 1.64. The molecule has 2 atom stereocenters. The summed E-state index contributed by atoms with van der Waals surface area (Å²) in [7, 11) is 0. The number of aryl methyl sites for hydroxylation is 1. The van der Waals surface area contributed by atoms with Crippen molar-refractivity contribution in [2.75, 3.05) is 6.61 Å². The van der Waals surface area contributed by atoms with E-state index in [0.717, 1.165) is 17.1 Å². The highest BCUT2D eigenvalue weighted by Gasteiger charge is 2.20. The molecule has 1 aromatic heterocycles. The zero-order valence-electron chi connectivity index (χ0n) is 8.73. The second kappa shape index (κ2) is 5.44. The van der Waals surface area contributed by atoms with Crippen LogP contribution in [0.3, 0.4) is 0 Å². The normalized spacial score (nSPS) is 15.4. The third-order valence-electron chi connectivity index (χ3n) is 2.45. The van der Waals surface area contributed by atoms with Gasteiger partial charge in [-0.1, -0.05) is 6.92 Å². The average molecular weight is 214 g/mol. The first-order chi connectivity index (χ1) is 6.69. The Bertz CT molecular complexity index is 275. The summed E-state index contributed by atoms with van der Waals surface area (Å²) < 4.78 is 0.